The average molecular weight is 240 g/mol. The normalized spacial score (nSPS) is 10.6. The Hall–Kier alpha value is -2.12. The molecule has 1 aromatic carbocycles. The van der Waals surface area contributed by atoms with Crippen molar-refractivity contribution in [3.63, 3.8) is 0 Å². The summed E-state index contributed by atoms with van der Waals surface area (Å²) in [5, 5.41) is 13.2. The van der Waals surface area contributed by atoms with Crippen LogP contribution in [0.2, 0.25) is 0 Å². The zero-order valence-electron chi connectivity index (χ0n) is 10.7. The number of benzene rings is 1. The number of nitrogens with zero attached hydrogens (tertiary/aromatic N) is 4. The van der Waals surface area contributed by atoms with Gasteiger partial charge in [-0.3, -0.25) is 9.58 Å². The van der Waals surface area contributed by atoms with Gasteiger partial charge in [0, 0.05) is 31.9 Å². The van der Waals surface area contributed by atoms with E-state index in [1.165, 1.54) is 5.56 Å². The Bertz CT molecular complexity index is 565. The van der Waals surface area contributed by atoms with E-state index >= 15 is 0 Å². The minimum Gasteiger partial charge on any atom is -0.298 e. The Morgan fingerprint density at radius 3 is 2.78 bits per heavy atom. The fourth-order valence-electron chi connectivity index (χ4n) is 1.98. The van der Waals surface area contributed by atoms with Crippen LogP contribution in [0.5, 0.6) is 0 Å². The Morgan fingerprint density at radius 2 is 2.11 bits per heavy atom. The van der Waals surface area contributed by atoms with Crippen LogP contribution in [0.15, 0.2) is 36.7 Å². The summed E-state index contributed by atoms with van der Waals surface area (Å²) in [7, 11) is 3.95. The molecule has 0 aliphatic carbocycles. The molecule has 18 heavy (non-hydrogen) atoms. The van der Waals surface area contributed by atoms with E-state index < -0.39 is 0 Å². The van der Waals surface area contributed by atoms with E-state index in [1.54, 1.807) is 4.68 Å². The maximum atomic E-state index is 9.04. The van der Waals surface area contributed by atoms with Gasteiger partial charge in [-0.1, -0.05) is 18.2 Å². The van der Waals surface area contributed by atoms with Gasteiger partial charge in [0.05, 0.1) is 17.8 Å². The summed E-state index contributed by atoms with van der Waals surface area (Å²) in [6.07, 6.45) is 3.87. The molecule has 0 fully saturated rings. The molecule has 0 atom stereocenters. The van der Waals surface area contributed by atoms with Gasteiger partial charge >= 0.3 is 0 Å². The molecule has 0 bridgehead atoms. The zero-order chi connectivity index (χ0) is 13.0. The molecule has 0 saturated carbocycles. The van der Waals surface area contributed by atoms with Gasteiger partial charge in [-0.2, -0.15) is 10.4 Å². The summed E-state index contributed by atoms with van der Waals surface area (Å²) in [6.45, 7) is 1.59. The first-order valence-corrected chi connectivity index (χ1v) is 5.83. The lowest BCUT2D eigenvalue weighted by Gasteiger charge is -2.16. The third kappa shape index (κ3) is 2.96. The lowest BCUT2D eigenvalue weighted by molar-refractivity contribution is 0.319. The van der Waals surface area contributed by atoms with Gasteiger partial charge in [0.1, 0.15) is 0 Å². The number of aryl methyl sites for hydroxylation is 1. The SMILES string of the molecule is CN(Cc1cnn(C)c1)Cc1ccccc1C#N. The smallest absolute Gasteiger partial charge is 0.0995 e. The Kier molecular flexibility index (Phi) is 3.75. The molecule has 1 aromatic heterocycles. The van der Waals surface area contributed by atoms with Crippen molar-refractivity contribution < 1.29 is 0 Å². The van der Waals surface area contributed by atoms with Crippen LogP contribution in [0.25, 0.3) is 0 Å². The van der Waals surface area contributed by atoms with Crippen molar-refractivity contribution in [1.82, 2.24) is 14.7 Å². The molecule has 0 radical (unpaired) electrons. The van der Waals surface area contributed by atoms with Gasteiger partial charge in [-0.05, 0) is 18.7 Å². The molecule has 4 nitrogen and oxygen atoms in total. The lowest BCUT2D eigenvalue weighted by Crippen LogP contribution is -2.17. The highest BCUT2D eigenvalue weighted by Crippen LogP contribution is 2.11. The summed E-state index contributed by atoms with van der Waals surface area (Å²) >= 11 is 0. The van der Waals surface area contributed by atoms with Gasteiger partial charge in [0.15, 0.2) is 0 Å². The van der Waals surface area contributed by atoms with Crippen molar-refractivity contribution in [3.05, 3.63) is 53.3 Å². The summed E-state index contributed by atoms with van der Waals surface area (Å²) in [5.41, 5.74) is 2.98. The van der Waals surface area contributed by atoms with Gasteiger partial charge in [-0.25, -0.2) is 0 Å². The van der Waals surface area contributed by atoms with Crippen molar-refractivity contribution in [3.8, 4) is 6.07 Å². The average Bonchev–Trinajstić information content (AvgIpc) is 2.75. The van der Waals surface area contributed by atoms with Gasteiger partial charge < -0.3 is 0 Å². The van der Waals surface area contributed by atoms with E-state index in [0.717, 1.165) is 24.2 Å². The standard InChI is InChI=1S/C14H16N4/c1-17(9-12-8-16-18(2)10-12)11-14-6-4-3-5-13(14)7-15/h3-6,8,10H,9,11H2,1-2H3. The Labute approximate surface area is 107 Å². The van der Waals surface area contributed by atoms with E-state index in [4.69, 9.17) is 5.26 Å². The molecule has 0 unspecified atom stereocenters. The number of nitriles is 1. The summed E-state index contributed by atoms with van der Waals surface area (Å²) in [6, 6.07) is 9.94. The molecule has 0 aliphatic heterocycles. The van der Waals surface area contributed by atoms with Crippen molar-refractivity contribution in [1.29, 1.82) is 5.26 Å². The van der Waals surface area contributed by atoms with Crippen LogP contribution < -0.4 is 0 Å². The predicted molar refractivity (Wildman–Crippen MR) is 69.5 cm³/mol. The third-order valence-electron chi connectivity index (χ3n) is 2.79. The highest BCUT2D eigenvalue weighted by molar-refractivity contribution is 5.37. The van der Waals surface area contributed by atoms with Gasteiger partial charge in [0.2, 0.25) is 0 Å². The first-order chi connectivity index (χ1) is 8.69. The minimum atomic E-state index is 0.746. The minimum absolute atomic E-state index is 0.746. The molecule has 0 spiro atoms. The molecule has 0 N–H and O–H groups in total. The first kappa shape index (κ1) is 12.3. The van der Waals surface area contributed by atoms with Crippen molar-refractivity contribution in [2.24, 2.45) is 7.05 Å². The fourth-order valence-corrected chi connectivity index (χ4v) is 1.98. The molecule has 0 amide bonds. The van der Waals surface area contributed by atoms with Crippen LogP contribution in [0, 0.1) is 11.3 Å². The summed E-state index contributed by atoms with van der Waals surface area (Å²) in [4.78, 5) is 2.17. The third-order valence-corrected chi connectivity index (χ3v) is 2.79. The number of rotatable bonds is 4. The monoisotopic (exact) mass is 240 g/mol. The quantitative estimate of drug-likeness (QED) is 0.820. The summed E-state index contributed by atoms with van der Waals surface area (Å²) < 4.78 is 1.80. The second kappa shape index (κ2) is 5.48. The molecule has 0 aliphatic rings. The van der Waals surface area contributed by atoms with Crippen LogP contribution in [-0.2, 0) is 20.1 Å². The second-order valence-electron chi connectivity index (χ2n) is 4.46. The lowest BCUT2D eigenvalue weighted by atomic mass is 10.1. The highest BCUT2D eigenvalue weighted by atomic mass is 15.2. The fraction of sp³-hybridized carbons (Fsp3) is 0.286. The maximum absolute atomic E-state index is 9.04. The molecule has 92 valence electrons. The molecule has 2 rings (SSSR count). The van der Waals surface area contributed by atoms with E-state index in [2.05, 4.69) is 16.1 Å². The summed E-state index contributed by atoms with van der Waals surface area (Å²) in [5.74, 6) is 0. The van der Waals surface area contributed by atoms with Gasteiger partial charge in [0.25, 0.3) is 0 Å². The van der Waals surface area contributed by atoms with Gasteiger partial charge in [-0.15, -0.1) is 0 Å². The van der Waals surface area contributed by atoms with Crippen LogP contribution >= 0.6 is 0 Å². The second-order valence-corrected chi connectivity index (χ2v) is 4.46. The van der Waals surface area contributed by atoms with E-state index in [1.807, 2.05) is 50.8 Å². The van der Waals surface area contributed by atoms with E-state index in [9.17, 15) is 0 Å². The molecular weight excluding hydrogens is 224 g/mol. The van der Waals surface area contributed by atoms with Crippen molar-refractivity contribution >= 4 is 0 Å². The first-order valence-electron chi connectivity index (χ1n) is 5.83. The number of hydrogen-bond acceptors (Lipinski definition) is 3. The van der Waals surface area contributed by atoms with Crippen LogP contribution in [0.1, 0.15) is 16.7 Å². The Balaban J connectivity index is 2.03. The topological polar surface area (TPSA) is 44.9 Å². The molecule has 1 heterocycles. The van der Waals surface area contributed by atoms with E-state index in [-0.39, 0.29) is 0 Å². The Morgan fingerprint density at radius 1 is 1.33 bits per heavy atom. The van der Waals surface area contributed by atoms with Crippen molar-refractivity contribution in [2.75, 3.05) is 7.05 Å². The van der Waals surface area contributed by atoms with Crippen LogP contribution in [0.4, 0.5) is 0 Å². The number of aromatic nitrogens is 2. The highest BCUT2D eigenvalue weighted by Gasteiger charge is 2.06. The maximum Gasteiger partial charge on any atom is 0.0995 e. The molecule has 4 heteroatoms. The van der Waals surface area contributed by atoms with E-state index in [0.29, 0.717) is 0 Å². The molecule has 0 saturated heterocycles. The van der Waals surface area contributed by atoms with Crippen LogP contribution in [-0.4, -0.2) is 21.7 Å². The molecular formula is C14H16N4. The predicted octanol–water partition coefficient (Wildman–Crippen LogP) is 1.92. The van der Waals surface area contributed by atoms with Crippen LogP contribution in [0.3, 0.4) is 0 Å². The largest absolute Gasteiger partial charge is 0.298 e. The zero-order valence-corrected chi connectivity index (χ0v) is 10.7. The number of hydrogen-bond donors (Lipinski definition) is 0. The van der Waals surface area contributed by atoms with Crippen molar-refractivity contribution in [2.45, 2.75) is 13.1 Å². The molecule has 2 aromatic rings.